The smallest absolute Gasteiger partial charge is 0.0677 e. The number of aromatic nitrogens is 2. The van der Waals surface area contributed by atoms with Crippen molar-refractivity contribution in [1.29, 1.82) is 0 Å². The molecule has 0 spiro atoms. The Hall–Kier alpha value is -0.830. The molecule has 3 atom stereocenters. The van der Waals surface area contributed by atoms with Gasteiger partial charge < -0.3 is 5.32 Å². The fraction of sp³-hybridized carbons (Fsp3) is 0.824. The van der Waals surface area contributed by atoms with Gasteiger partial charge in [-0.15, -0.1) is 0 Å². The highest BCUT2D eigenvalue weighted by atomic mass is 15.3. The Balaban J connectivity index is 2.26. The molecule has 1 fully saturated rings. The third-order valence-corrected chi connectivity index (χ3v) is 5.14. The summed E-state index contributed by atoms with van der Waals surface area (Å²) in [6.45, 7) is 8.94. The Morgan fingerprint density at radius 1 is 1.25 bits per heavy atom. The zero-order chi connectivity index (χ0) is 14.7. The van der Waals surface area contributed by atoms with Crippen LogP contribution in [0.25, 0.3) is 0 Å². The van der Waals surface area contributed by atoms with Crippen LogP contribution in [0.5, 0.6) is 0 Å². The molecule has 0 radical (unpaired) electrons. The highest BCUT2D eigenvalue weighted by Crippen LogP contribution is 2.36. The Labute approximate surface area is 124 Å². The normalized spacial score (nSPS) is 26.9. The molecule has 1 aromatic heterocycles. The van der Waals surface area contributed by atoms with Gasteiger partial charge in [0, 0.05) is 11.7 Å². The number of hydrogen-bond acceptors (Lipinski definition) is 2. The van der Waals surface area contributed by atoms with E-state index in [4.69, 9.17) is 5.10 Å². The van der Waals surface area contributed by atoms with E-state index in [1.165, 1.54) is 49.1 Å². The van der Waals surface area contributed by atoms with Gasteiger partial charge in [-0.3, -0.25) is 4.68 Å². The molecule has 0 amide bonds. The van der Waals surface area contributed by atoms with E-state index < -0.39 is 0 Å². The molecule has 20 heavy (non-hydrogen) atoms. The summed E-state index contributed by atoms with van der Waals surface area (Å²) in [6, 6.07) is 1.11. The lowest BCUT2D eigenvalue weighted by Crippen LogP contribution is -2.40. The summed E-state index contributed by atoms with van der Waals surface area (Å²) in [5.41, 5.74) is 4.04. The van der Waals surface area contributed by atoms with Gasteiger partial charge in [0.2, 0.25) is 0 Å². The van der Waals surface area contributed by atoms with E-state index in [1.54, 1.807) is 0 Å². The number of nitrogens with one attached hydrogen (secondary N) is 1. The van der Waals surface area contributed by atoms with Crippen molar-refractivity contribution in [3.8, 4) is 0 Å². The fourth-order valence-electron chi connectivity index (χ4n) is 4.04. The second-order valence-corrected chi connectivity index (χ2v) is 6.38. The molecule has 1 saturated carbocycles. The quantitative estimate of drug-likeness (QED) is 0.887. The summed E-state index contributed by atoms with van der Waals surface area (Å²) in [7, 11) is 2.10. The van der Waals surface area contributed by atoms with E-state index in [2.05, 4.69) is 44.7 Å². The van der Waals surface area contributed by atoms with E-state index in [0.29, 0.717) is 12.1 Å². The Bertz CT molecular complexity index is 436. The molecule has 1 heterocycles. The molecule has 0 aliphatic heterocycles. The standard InChI is InChI=1S/C17H31N3/c1-6-8-14-9-10-16(18-5)17(11-14)20-13(4)15(7-2)12(3)19-20/h14,16-18H,6-11H2,1-5H3. The first kappa shape index (κ1) is 15.6. The van der Waals surface area contributed by atoms with Gasteiger partial charge in [-0.2, -0.15) is 5.10 Å². The molecule has 1 aliphatic carbocycles. The molecule has 1 N–H and O–H groups in total. The number of nitrogens with zero attached hydrogens (tertiary/aromatic N) is 2. The first-order chi connectivity index (χ1) is 9.62. The van der Waals surface area contributed by atoms with Crippen LogP contribution in [-0.2, 0) is 6.42 Å². The van der Waals surface area contributed by atoms with Gasteiger partial charge in [0.15, 0.2) is 0 Å². The van der Waals surface area contributed by atoms with Crippen LogP contribution in [-0.4, -0.2) is 22.9 Å². The van der Waals surface area contributed by atoms with Crippen molar-refractivity contribution in [2.75, 3.05) is 7.05 Å². The Morgan fingerprint density at radius 2 is 2.00 bits per heavy atom. The summed E-state index contributed by atoms with van der Waals surface area (Å²) in [6.07, 6.45) is 7.70. The van der Waals surface area contributed by atoms with Gasteiger partial charge in [-0.1, -0.05) is 26.7 Å². The van der Waals surface area contributed by atoms with Crippen LogP contribution in [0, 0.1) is 19.8 Å². The van der Waals surface area contributed by atoms with Gasteiger partial charge in [-0.05, 0) is 58.1 Å². The van der Waals surface area contributed by atoms with Crippen molar-refractivity contribution in [1.82, 2.24) is 15.1 Å². The summed E-state index contributed by atoms with van der Waals surface area (Å²) >= 11 is 0. The van der Waals surface area contributed by atoms with Gasteiger partial charge in [0.05, 0.1) is 11.7 Å². The maximum atomic E-state index is 4.87. The molecule has 3 heteroatoms. The molecule has 0 aromatic carbocycles. The highest BCUT2D eigenvalue weighted by Gasteiger charge is 2.32. The van der Waals surface area contributed by atoms with Crippen molar-refractivity contribution in [2.45, 2.75) is 78.3 Å². The van der Waals surface area contributed by atoms with Crippen molar-refractivity contribution >= 4 is 0 Å². The second kappa shape index (κ2) is 6.75. The van der Waals surface area contributed by atoms with Crippen LogP contribution in [0.3, 0.4) is 0 Å². The van der Waals surface area contributed by atoms with E-state index in [0.717, 1.165) is 12.3 Å². The third-order valence-electron chi connectivity index (χ3n) is 5.14. The van der Waals surface area contributed by atoms with Crippen LogP contribution in [0.15, 0.2) is 0 Å². The zero-order valence-electron chi connectivity index (χ0n) is 13.9. The molecular weight excluding hydrogens is 246 g/mol. The van der Waals surface area contributed by atoms with E-state index in [-0.39, 0.29) is 0 Å². The van der Waals surface area contributed by atoms with E-state index >= 15 is 0 Å². The lowest BCUT2D eigenvalue weighted by Gasteiger charge is -2.37. The molecular formula is C17H31N3. The zero-order valence-corrected chi connectivity index (χ0v) is 13.9. The van der Waals surface area contributed by atoms with Gasteiger partial charge in [-0.25, -0.2) is 0 Å². The minimum Gasteiger partial charge on any atom is -0.315 e. The lowest BCUT2D eigenvalue weighted by molar-refractivity contribution is 0.190. The Kier molecular flexibility index (Phi) is 5.25. The molecule has 3 nitrogen and oxygen atoms in total. The van der Waals surface area contributed by atoms with Gasteiger partial charge >= 0.3 is 0 Å². The molecule has 0 bridgehead atoms. The summed E-state index contributed by atoms with van der Waals surface area (Å²) in [4.78, 5) is 0. The number of aryl methyl sites for hydroxylation is 1. The van der Waals surface area contributed by atoms with Crippen molar-refractivity contribution in [2.24, 2.45) is 5.92 Å². The van der Waals surface area contributed by atoms with Crippen LogP contribution in [0.4, 0.5) is 0 Å². The molecule has 3 unspecified atom stereocenters. The summed E-state index contributed by atoms with van der Waals surface area (Å²) < 4.78 is 2.33. The molecule has 1 aromatic rings. The van der Waals surface area contributed by atoms with E-state index in [1.807, 2.05) is 0 Å². The predicted molar refractivity (Wildman–Crippen MR) is 85.2 cm³/mol. The first-order valence-electron chi connectivity index (χ1n) is 8.34. The average molecular weight is 277 g/mol. The average Bonchev–Trinajstić information content (AvgIpc) is 2.73. The topological polar surface area (TPSA) is 29.9 Å². The summed E-state index contributed by atoms with van der Waals surface area (Å²) in [5, 5.41) is 8.40. The van der Waals surface area contributed by atoms with Crippen LogP contribution in [0.2, 0.25) is 0 Å². The maximum Gasteiger partial charge on any atom is 0.0677 e. The predicted octanol–water partition coefficient (Wildman–Crippen LogP) is 3.79. The number of likely N-dealkylation sites (N-methyl/N-ethyl adjacent to an activating group) is 1. The minimum atomic E-state index is 0.532. The lowest BCUT2D eigenvalue weighted by atomic mass is 9.80. The Morgan fingerprint density at radius 3 is 2.55 bits per heavy atom. The van der Waals surface area contributed by atoms with Crippen LogP contribution in [0.1, 0.15) is 68.9 Å². The van der Waals surface area contributed by atoms with Crippen molar-refractivity contribution < 1.29 is 0 Å². The van der Waals surface area contributed by atoms with Crippen LogP contribution >= 0.6 is 0 Å². The minimum absolute atomic E-state index is 0.532. The summed E-state index contributed by atoms with van der Waals surface area (Å²) in [5.74, 6) is 0.878. The van der Waals surface area contributed by atoms with Crippen molar-refractivity contribution in [3.63, 3.8) is 0 Å². The highest BCUT2D eigenvalue weighted by molar-refractivity contribution is 5.25. The molecule has 0 saturated heterocycles. The molecule has 114 valence electrons. The number of hydrogen-bond donors (Lipinski definition) is 1. The molecule has 1 aliphatic rings. The first-order valence-corrected chi connectivity index (χ1v) is 8.34. The largest absolute Gasteiger partial charge is 0.315 e. The third kappa shape index (κ3) is 2.93. The van der Waals surface area contributed by atoms with Gasteiger partial charge in [0.25, 0.3) is 0 Å². The number of rotatable bonds is 5. The van der Waals surface area contributed by atoms with E-state index in [9.17, 15) is 0 Å². The van der Waals surface area contributed by atoms with Crippen LogP contribution < -0.4 is 5.32 Å². The SMILES string of the molecule is CCCC1CCC(NC)C(n2nc(C)c(CC)c2C)C1. The van der Waals surface area contributed by atoms with Crippen molar-refractivity contribution in [3.05, 3.63) is 17.0 Å². The maximum absolute atomic E-state index is 4.87. The second-order valence-electron chi connectivity index (χ2n) is 6.38. The molecule has 2 rings (SSSR count). The monoisotopic (exact) mass is 277 g/mol. The van der Waals surface area contributed by atoms with Gasteiger partial charge in [0.1, 0.15) is 0 Å². The fourth-order valence-corrected chi connectivity index (χ4v) is 4.04.